The van der Waals surface area contributed by atoms with Crippen molar-refractivity contribution in [3.05, 3.63) is 97.1 Å². The lowest BCUT2D eigenvalue weighted by Crippen LogP contribution is -1.79. The Bertz CT molecular complexity index is 1740. The Balaban J connectivity index is 1.78. The number of fused-ring (bicyclic) bond motifs is 10. The Morgan fingerprint density at radius 2 is 1.20 bits per heavy atom. The van der Waals surface area contributed by atoms with Gasteiger partial charge in [0, 0.05) is 41.8 Å². The van der Waals surface area contributed by atoms with Gasteiger partial charge in [-0.3, -0.25) is 0 Å². The molecule has 7 aromatic rings. The highest BCUT2D eigenvalue weighted by Gasteiger charge is 2.18. The minimum Gasteiger partial charge on any atom is -0.354 e. The zero-order valence-electron chi connectivity index (χ0n) is 16.1. The minimum atomic E-state index is 1.20. The van der Waals surface area contributed by atoms with Crippen molar-refractivity contribution in [3.63, 3.8) is 0 Å². The molecule has 2 heteroatoms. The van der Waals surface area contributed by atoms with Crippen molar-refractivity contribution in [3.8, 4) is 11.1 Å². The summed E-state index contributed by atoms with van der Waals surface area (Å²) < 4.78 is 2.72. The first-order chi connectivity index (χ1) is 14.9. The average molecular weight is 400 g/mol. The second kappa shape index (κ2) is 5.94. The molecular formula is C28H17NS. The maximum Gasteiger partial charge on any atom is 0.0565 e. The fourth-order valence-electron chi connectivity index (χ4n) is 4.91. The van der Waals surface area contributed by atoms with E-state index in [4.69, 9.17) is 0 Å². The molecule has 0 fully saturated rings. The van der Waals surface area contributed by atoms with E-state index in [9.17, 15) is 0 Å². The number of benzene rings is 5. The molecule has 0 aliphatic carbocycles. The summed E-state index contributed by atoms with van der Waals surface area (Å²) in [7, 11) is 0. The smallest absolute Gasteiger partial charge is 0.0565 e. The normalized spacial score (nSPS) is 12.0. The maximum atomic E-state index is 3.76. The van der Waals surface area contributed by atoms with Gasteiger partial charge in [0.2, 0.25) is 0 Å². The van der Waals surface area contributed by atoms with E-state index in [-0.39, 0.29) is 0 Å². The molecule has 30 heavy (non-hydrogen) atoms. The molecular weight excluding hydrogens is 382 g/mol. The molecule has 0 unspecified atom stereocenters. The van der Waals surface area contributed by atoms with Crippen molar-refractivity contribution < 1.29 is 0 Å². The number of aromatic nitrogens is 1. The van der Waals surface area contributed by atoms with E-state index in [1.54, 1.807) is 0 Å². The first-order valence-corrected chi connectivity index (χ1v) is 11.0. The Kier molecular flexibility index (Phi) is 3.21. The van der Waals surface area contributed by atoms with E-state index in [0.717, 1.165) is 0 Å². The van der Waals surface area contributed by atoms with E-state index >= 15 is 0 Å². The number of hydrogen-bond donors (Lipinski definition) is 1. The van der Waals surface area contributed by atoms with Crippen LogP contribution >= 0.6 is 11.3 Å². The van der Waals surface area contributed by atoms with Gasteiger partial charge in [0.25, 0.3) is 0 Å². The Labute approximate surface area is 177 Å². The summed E-state index contributed by atoms with van der Waals surface area (Å²) in [6, 6.07) is 34.9. The van der Waals surface area contributed by atoms with Crippen LogP contribution in [-0.4, -0.2) is 4.98 Å². The number of hydrogen-bond acceptors (Lipinski definition) is 1. The first kappa shape index (κ1) is 16.2. The summed E-state index contributed by atoms with van der Waals surface area (Å²) in [5.41, 5.74) is 5.03. The summed E-state index contributed by atoms with van der Waals surface area (Å²) in [4.78, 5) is 3.76. The van der Waals surface area contributed by atoms with Gasteiger partial charge in [0.15, 0.2) is 0 Å². The summed E-state index contributed by atoms with van der Waals surface area (Å²) in [6.45, 7) is 0. The number of nitrogens with one attached hydrogen (secondary N) is 1. The zero-order valence-corrected chi connectivity index (χ0v) is 17.0. The molecule has 0 amide bonds. The zero-order chi connectivity index (χ0) is 19.7. The molecule has 1 nitrogen and oxygen atoms in total. The molecule has 1 N–H and O–H groups in total. The van der Waals surface area contributed by atoms with E-state index in [1.165, 1.54) is 63.9 Å². The first-order valence-electron chi connectivity index (χ1n) is 10.2. The quantitative estimate of drug-likeness (QED) is 0.285. The van der Waals surface area contributed by atoms with Crippen molar-refractivity contribution >= 4 is 64.1 Å². The van der Waals surface area contributed by atoms with Crippen molar-refractivity contribution in [1.29, 1.82) is 0 Å². The largest absolute Gasteiger partial charge is 0.354 e. The Morgan fingerprint density at radius 1 is 0.500 bits per heavy atom. The van der Waals surface area contributed by atoms with Gasteiger partial charge in [-0.2, -0.15) is 0 Å². The van der Waals surface area contributed by atoms with Crippen LogP contribution in [-0.2, 0) is 0 Å². The Hall–Kier alpha value is -3.62. The van der Waals surface area contributed by atoms with E-state index < -0.39 is 0 Å². The van der Waals surface area contributed by atoms with E-state index in [0.29, 0.717) is 0 Å². The molecule has 0 spiro atoms. The van der Waals surface area contributed by atoms with Crippen LogP contribution in [0.25, 0.3) is 63.9 Å². The van der Waals surface area contributed by atoms with Crippen molar-refractivity contribution in [2.75, 3.05) is 0 Å². The number of rotatable bonds is 1. The molecule has 0 aliphatic heterocycles. The van der Waals surface area contributed by atoms with Gasteiger partial charge >= 0.3 is 0 Å². The van der Waals surface area contributed by atoms with Gasteiger partial charge in [0.05, 0.1) is 5.52 Å². The van der Waals surface area contributed by atoms with E-state index in [1.807, 2.05) is 11.3 Å². The molecule has 0 atom stereocenters. The Morgan fingerprint density at radius 3 is 2.07 bits per heavy atom. The molecule has 2 aromatic heterocycles. The topological polar surface area (TPSA) is 15.8 Å². The molecule has 0 bridgehead atoms. The van der Waals surface area contributed by atoms with Gasteiger partial charge < -0.3 is 4.98 Å². The number of thiophene rings is 1. The molecule has 5 aromatic carbocycles. The third kappa shape index (κ3) is 2.06. The second-order valence-electron chi connectivity index (χ2n) is 7.82. The highest BCUT2D eigenvalue weighted by molar-refractivity contribution is 7.27. The van der Waals surface area contributed by atoms with Gasteiger partial charge in [-0.05, 0) is 22.6 Å². The average Bonchev–Trinajstić information content (AvgIpc) is 3.38. The number of para-hydroxylation sites is 1. The van der Waals surface area contributed by atoms with Crippen LogP contribution in [0.4, 0.5) is 0 Å². The number of H-pyrrole nitrogens is 1. The lowest BCUT2D eigenvalue weighted by atomic mass is 9.98. The van der Waals surface area contributed by atoms with Crippen LogP contribution in [0.5, 0.6) is 0 Å². The lowest BCUT2D eigenvalue weighted by molar-refractivity contribution is 1.57. The highest BCUT2D eigenvalue weighted by Crippen LogP contribution is 2.47. The van der Waals surface area contributed by atoms with E-state index in [2.05, 4.69) is 102 Å². The lowest BCUT2D eigenvalue weighted by Gasteiger charge is -2.04. The molecule has 0 saturated carbocycles. The molecule has 0 saturated heterocycles. The highest BCUT2D eigenvalue weighted by atomic mass is 32.1. The van der Waals surface area contributed by atoms with Crippen molar-refractivity contribution in [2.24, 2.45) is 0 Å². The maximum absolute atomic E-state index is 3.76. The fourth-order valence-corrected chi connectivity index (χ4v) is 6.29. The van der Waals surface area contributed by atoms with Crippen LogP contribution in [0.2, 0.25) is 0 Å². The SMILES string of the molecule is c1ccc(-c2cccc3c2sc2c4ccccc4c4c5ccccc5[nH]c4c32)cc1. The van der Waals surface area contributed by atoms with Crippen LogP contribution in [0.3, 0.4) is 0 Å². The van der Waals surface area contributed by atoms with Crippen molar-refractivity contribution in [2.45, 2.75) is 0 Å². The van der Waals surface area contributed by atoms with Crippen LogP contribution < -0.4 is 0 Å². The van der Waals surface area contributed by atoms with Crippen LogP contribution in [0.15, 0.2) is 97.1 Å². The minimum absolute atomic E-state index is 1.20. The molecule has 0 aliphatic rings. The third-order valence-corrected chi connectivity index (χ3v) is 7.47. The van der Waals surface area contributed by atoms with Crippen LogP contribution in [0.1, 0.15) is 0 Å². The molecule has 2 heterocycles. The predicted molar refractivity (Wildman–Crippen MR) is 132 cm³/mol. The number of aromatic amines is 1. The fraction of sp³-hybridized carbons (Fsp3) is 0. The molecule has 0 radical (unpaired) electrons. The predicted octanol–water partition coefficient (Wildman–Crippen LogP) is 8.51. The molecule has 140 valence electrons. The third-order valence-electron chi connectivity index (χ3n) is 6.20. The van der Waals surface area contributed by atoms with Gasteiger partial charge in [0.1, 0.15) is 0 Å². The van der Waals surface area contributed by atoms with Gasteiger partial charge in [-0.15, -0.1) is 11.3 Å². The van der Waals surface area contributed by atoms with Crippen molar-refractivity contribution in [1.82, 2.24) is 4.98 Å². The monoisotopic (exact) mass is 399 g/mol. The standard InChI is InChI=1S/C28H17NS/c1-2-9-17(10-3-1)18-14-8-15-22-25-26-24(21-13-6-7-16-23(21)29-26)19-11-4-5-12-20(19)28(25)30-27(18)22/h1-16,29H. The second-order valence-corrected chi connectivity index (χ2v) is 8.84. The molecule has 7 rings (SSSR count). The summed E-state index contributed by atoms with van der Waals surface area (Å²) in [5, 5.41) is 7.97. The summed E-state index contributed by atoms with van der Waals surface area (Å²) in [5.74, 6) is 0. The van der Waals surface area contributed by atoms with Crippen LogP contribution in [0, 0.1) is 0 Å². The van der Waals surface area contributed by atoms with Gasteiger partial charge in [-0.1, -0.05) is 91.0 Å². The summed E-state index contributed by atoms with van der Waals surface area (Å²) >= 11 is 1.92. The summed E-state index contributed by atoms with van der Waals surface area (Å²) in [6.07, 6.45) is 0. The van der Waals surface area contributed by atoms with Gasteiger partial charge in [-0.25, -0.2) is 0 Å².